The van der Waals surface area contributed by atoms with Crippen LogP contribution in [0.2, 0.25) is 0 Å². The van der Waals surface area contributed by atoms with Gasteiger partial charge in [-0.3, -0.25) is 9.78 Å². The lowest BCUT2D eigenvalue weighted by molar-refractivity contribution is -0.144. The van der Waals surface area contributed by atoms with Crippen molar-refractivity contribution in [1.29, 1.82) is 10.5 Å². The van der Waals surface area contributed by atoms with E-state index in [1.54, 1.807) is 30.5 Å². The number of hydrogen-bond donors (Lipinski definition) is 1. The van der Waals surface area contributed by atoms with Crippen LogP contribution in [0.3, 0.4) is 0 Å². The van der Waals surface area contributed by atoms with Crippen LogP contribution in [-0.2, 0) is 16.6 Å². The van der Waals surface area contributed by atoms with Crippen molar-refractivity contribution in [2.75, 3.05) is 0 Å². The van der Waals surface area contributed by atoms with Crippen LogP contribution < -0.4 is 0 Å². The van der Waals surface area contributed by atoms with Crippen LogP contribution in [0.4, 0.5) is 0 Å². The van der Waals surface area contributed by atoms with E-state index in [0.717, 1.165) is 12.0 Å². The molecule has 1 aromatic rings. The number of nitrogens with zero attached hydrogens (tertiary/aromatic N) is 3. The Balaban J connectivity index is 3.33. The zero-order valence-electron chi connectivity index (χ0n) is 10.2. The second-order valence-corrected chi connectivity index (χ2v) is 4.10. The number of carboxylic acid groups (broad SMARTS) is 1. The summed E-state index contributed by atoms with van der Waals surface area (Å²) in [6, 6.07) is 6.76. The highest BCUT2D eigenvalue weighted by atomic mass is 16.4. The Hall–Kier alpha value is -2.40. The Kier molecular flexibility index (Phi) is 4.01. The number of pyridine rings is 1. The third-order valence-corrected chi connectivity index (χ3v) is 3.04. The summed E-state index contributed by atoms with van der Waals surface area (Å²) in [5.41, 5.74) is -0.423. The fraction of sp³-hybridized carbons (Fsp3) is 0.385. The lowest BCUT2D eigenvalue weighted by Gasteiger charge is -2.24. The molecule has 0 aliphatic carbocycles. The average molecular weight is 243 g/mol. The van der Waals surface area contributed by atoms with E-state index in [1.165, 1.54) is 6.92 Å². The van der Waals surface area contributed by atoms with Gasteiger partial charge in [0.25, 0.3) is 0 Å². The summed E-state index contributed by atoms with van der Waals surface area (Å²) in [5.74, 6) is -2.51. The van der Waals surface area contributed by atoms with E-state index in [2.05, 4.69) is 4.98 Å². The van der Waals surface area contributed by atoms with Crippen LogP contribution in [0.25, 0.3) is 0 Å². The topological polar surface area (TPSA) is 97.8 Å². The molecule has 0 saturated heterocycles. The Labute approximate surface area is 105 Å². The van der Waals surface area contributed by atoms with Gasteiger partial charge >= 0.3 is 5.97 Å². The molecule has 1 aromatic heterocycles. The molecule has 1 heterocycles. The van der Waals surface area contributed by atoms with Gasteiger partial charge in [0.05, 0.1) is 17.8 Å². The summed E-state index contributed by atoms with van der Waals surface area (Å²) in [4.78, 5) is 15.5. The van der Waals surface area contributed by atoms with Gasteiger partial charge in [-0.1, -0.05) is 13.0 Å². The molecule has 0 aromatic carbocycles. The Morgan fingerprint density at radius 3 is 2.44 bits per heavy atom. The van der Waals surface area contributed by atoms with E-state index < -0.39 is 17.3 Å². The Morgan fingerprint density at radius 2 is 2.11 bits per heavy atom. The van der Waals surface area contributed by atoms with Crippen molar-refractivity contribution >= 4 is 5.97 Å². The van der Waals surface area contributed by atoms with Gasteiger partial charge in [0.15, 0.2) is 5.92 Å². The van der Waals surface area contributed by atoms with E-state index in [1.807, 2.05) is 6.92 Å². The van der Waals surface area contributed by atoms with Crippen molar-refractivity contribution in [3.05, 3.63) is 29.6 Å². The zero-order chi connectivity index (χ0) is 13.8. The summed E-state index contributed by atoms with van der Waals surface area (Å²) in [6.45, 7) is 3.31. The van der Waals surface area contributed by atoms with Crippen molar-refractivity contribution in [3.8, 4) is 12.1 Å². The van der Waals surface area contributed by atoms with Crippen LogP contribution in [0.5, 0.6) is 0 Å². The molecule has 0 aliphatic rings. The van der Waals surface area contributed by atoms with Gasteiger partial charge < -0.3 is 5.11 Å². The molecule has 1 atom stereocenters. The number of carbonyl (C=O) groups is 1. The molecular weight excluding hydrogens is 230 g/mol. The van der Waals surface area contributed by atoms with Gasteiger partial charge in [0.1, 0.15) is 5.41 Å². The van der Waals surface area contributed by atoms with Gasteiger partial charge in [-0.15, -0.1) is 0 Å². The third kappa shape index (κ3) is 2.16. The molecule has 5 nitrogen and oxygen atoms in total. The van der Waals surface area contributed by atoms with Gasteiger partial charge in [-0.2, -0.15) is 10.5 Å². The van der Waals surface area contributed by atoms with Crippen molar-refractivity contribution in [1.82, 2.24) is 4.98 Å². The van der Waals surface area contributed by atoms with E-state index in [9.17, 15) is 9.90 Å². The maximum absolute atomic E-state index is 11.4. The second kappa shape index (κ2) is 5.29. The average Bonchev–Trinajstić information content (AvgIpc) is 2.39. The van der Waals surface area contributed by atoms with E-state index in [-0.39, 0.29) is 5.69 Å². The Bertz CT molecular complexity index is 511. The molecule has 1 N–H and O–H groups in total. The summed E-state index contributed by atoms with van der Waals surface area (Å²) in [7, 11) is 0. The van der Waals surface area contributed by atoms with Crippen LogP contribution in [0.15, 0.2) is 18.3 Å². The molecule has 5 heteroatoms. The van der Waals surface area contributed by atoms with Crippen LogP contribution in [-0.4, -0.2) is 16.1 Å². The Morgan fingerprint density at radius 1 is 1.50 bits per heavy atom. The SMILES string of the molecule is CCc1ccc(C(C)(C(=O)O)C(C#N)C#N)nc1. The highest BCUT2D eigenvalue weighted by Gasteiger charge is 2.45. The fourth-order valence-corrected chi connectivity index (χ4v) is 1.61. The molecule has 0 spiro atoms. The van der Waals surface area contributed by atoms with Crippen molar-refractivity contribution in [2.45, 2.75) is 25.7 Å². The predicted octanol–water partition coefficient (Wildman–Crippen LogP) is 1.65. The summed E-state index contributed by atoms with van der Waals surface area (Å²) < 4.78 is 0. The normalized spacial score (nSPS) is 13.4. The molecule has 0 saturated carbocycles. The standard InChI is InChI=1S/C13H13N3O2/c1-3-9-4-5-11(16-8-9)13(2,12(17)18)10(6-14)7-15/h4-5,8,10H,3H2,1-2H3,(H,17,18). The quantitative estimate of drug-likeness (QED) is 0.866. The van der Waals surface area contributed by atoms with E-state index >= 15 is 0 Å². The minimum Gasteiger partial charge on any atom is -0.480 e. The molecule has 0 bridgehead atoms. The van der Waals surface area contributed by atoms with Crippen LogP contribution in [0.1, 0.15) is 25.1 Å². The first-order valence-electron chi connectivity index (χ1n) is 5.48. The maximum atomic E-state index is 11.4. The first kappa shape index (κ1) is 13.7. The second-order valence-electron chi connectivity index (χ2n) is 4.10. The largest absolute Gasteiger partial charge is 0.480 e. The van der Waals surface area contributed by atoms with Gasteiger partial charge in [0.2, 0.25) is 0 Å². The highest BCUT2D eigenvalue weighted by molar-refractivity contribution is 5.81. The number of hydrogen-bond acceptors (Lipinski definition) is 4. The van der Waals surface area contributed by atoms with Gasteiger partial charge in [0, 0.05) is 6.20 Å². The summed E-state index contributed by atoms with van der Waals surface area (Å²) in [6.07, 6.45) is 2.36. The van der Waals surface area contributed by atoms with E-state index in [4.69, 9.17) is 10.5 Å². The molecule has 0 fully saturated rings. The first-order valence-corrected chi connectivity index (χ1v) is 5.48. The number of rotatable bonds is 4. The number of aryl methyl sites for hydroxylation is 1. The maximum Gasteiger partial charge on any atom is 0.317 e. The molecule has 18 heavy (non-hydrogen) atoms. The van der Waals surface area contributed by atoms with Gasteiger partial charge in [-0.25, -0.2) is 0 Å². The summed E-state index contributed by atoms with van der Waals surface area (Å²) in [5, 5.41) is 27.1. The smallest absolute Gasteiger partial charge is 0.317 e. The number of aromatic nitrogens is 1. The number of aliphatic carboxylic acids is 1. The molecule has 0 radical (unpaired) electrons. The molecule has 1 rings (SSSR count). The van der Waals surface area contributed by atoms with E-state index in [0.29, 0.717) is 0 Å². The van der Waals surface area contributed by atoms with Crippen molar-refractivity contribution in [2.24, 2.45) is 5.92 Å². The van der Waals surface area contributed by atoms with Crippen LogP contribution >= 0.6 is 0 Å². The minimum absolute atomic E-state index is 0.223. The fourth-order valence-electron chi connectivity index (χ4n) is 1.61. The summed E-state index contributed by atoms with van der Waals surface area (Å²) >= 11 is 0. The zero-order valence-corrected chi connectivity index (χ0v) is 10.2. The highest BCUT2D eigenvalue weighted by Crippen LogP contribution is 2.31. The third-order valence-electron chi connectivity index (χ3n) is 3.04. The monoisotopic (exact) mass is 243 g/mol. The molecule has 0 amide bonds. The first-order chi connectivity index (χ1) is 8.50. The lowest BCUT2D eigenvalue weighted by Crippen LogP contribution is -2.40. The van der Waals surface area contributed by atoms with Crippen LogP contribution in [0, 0.1) is 28.6 Å². The molecule has 0 aliphatic heterocycles. The molecule has 1 unspecified atom stereocenters. The van der Waals surface area contributed by atoms with Crippen molar-refractivity contribution in [3.63, 3.8) is 0 Å². The lowest BCUT2D eigenvalue weighted by atomic mass is 9.75. The number of nitriles is 2. The van der Waals surface area contributed by atoms with Crippen molar-refractivity contribution < 1.29 is 9.90 Å². The van der Waals surface area contributed by atoms with Gasteiger partial charge in [-0.05, 0) is 25.0 Å². The molecule has 92 valence electrons. The molecular formula is C13H13N3O2. The number of carboxylic acids is 1. The predicted molar refractivity (Wildman–Crippen MR) is 63.3 cm³/mol. The minimum atomic E-state index is -1.62.